The molecule has 0 amide bonds. The number of hydrogen-bond donors (Lipinski definition) is 2. The summed E-state index contributed by atoms with van der Waals surface area (Å²) in [5.41, 5.74) is 2.10. The SMILES string of the molecule is OCc1ccc(CNOCC(F)(F)F)o1. The molecule has 1 rings (SSSR count). The summed E-state index contributed by atoms with van der Waals surface area (Å²) in [6, 6.07) is 3.07. The fourth-order valence-electron chi connectivity index (χ4n) is 0.857. The molecular formula is C8H10F3NO3. The molecule has 0 saturated heterocycles. The third-order valence-electron chi connectivity index (χ3n) is 1.46. The van der Waals surface area contributed by atoms with E-state index in [1.807, 2.05) is 0 Å². The minimum Gasteiger partial charge on any atom is -0.462 e. The molecule has 2 N–H and O–H groups in total. The summed E-state index contributed by atoms with van der Waals surface area (Å²) in [5, 5.41) is 8.64. The molecule has 0 atom stereocenters. The molecule has 0 aliphatic rings. The number of halogens is 3. The Balaban J connectivity index is 2.20. The predicted molar refractivity (Wildman–Crippen MR) is 43.5 cm³/mol. The van der Waals surface area contributed by atoms with Crippen LogP contribution in [0, 0.1) is 0 Å². The Morgan fingerprint density at radius 1 is 1.33 bits per heavy atom. The first-order chi connectivity index (χ1) is 7.01. The van der Waals surface area contributed by atoms with E-state index >= 15 is 0 Å². The van der Waals surface area contributed by atoms with Gasteiger partial charge in [-0.1, -0.05) is 0 Å². The van der Waals surface area contributed by atoms with E-state index in [9.17, 15) is 13.2 Å². The van der Waals surface area contributed by atoms with Crippen LogP contribution in [0.15, 0.2) is 16.5 Å². The van der Waals surface area contributed by atoms with Crippen molar-refractivity contribution < 1.29 is 27.5 Å². The molecule has 0 aliphatic carbocycles. The number of rotatable bonds is 5. The molecule has 1 aromatic rings. The van der Waals surface area contributed by atoms with Crippen LogP contribution in [0.3, 0.4) is 0 Å². The molecule has 0 aliphatic heterocycles. The van der Waals surface area contributed by atoms with E-state index in [-0.39, 0.29) is 13.2 Å². The van der Waals surface area contributed by atoms with Gasteiger partial charge in [0.15, 0.2) is 6.61 Å². The average Bonchev–Trinajstić information content (AvgIpc) is 2.59. The van der Waals surface area contributed by atoms with Gasteiger partial charge >= 0.3 is 6.18 Å². The van der Waals surface area contributed by atoms with Gasteiger partial charge in [-0.15, -0.1) is 0 Å². The molecule has 1 aromatic heterocycles. The molecule has 0 spiro atoms. The smallest absolute Gasteiger partial charge is 0.413 e. The quantitative estimate of drug-likeness (QED) is 0.586. The molecule has 86 valence electrons. The van der Waals surface area contributed by atoms with Crippen molar-refractivity contribution in [2.24, 2.45) is 0 Å². The fourth-order valence-corrected chi connectivity index (χ4v) is 0.857. The standard InChI is InChI=1S/C8H10F3NO3/c9-8(10,11)5-14-12-3-6-1-2-7(4-13)15-6/h1-2,12-13H,3-5H2. The lowest BCUT2D eigenvalue weighted by Crippen LogP contribution is -2.24. The Bertz CT molecular complexity index is 298. The maximum absolute atomic E-state index is 11.6. The summed E-state index contributed by atoms with van der Waals surface area (Å²) in [5.74, 6) is 0.740. The Kier molecular flexibility index (Phi) is 4.13. The molecule has 0 unspecified atom stereocenters. The highest BCUT2D eigenvalue weighted by Crippen LogP contribution is 2.14. The molecular weight excluding hydrogens is 215 g/mol. The molecule has 0 bridgehead atoms. The van der Waals surface area contributed by atoms with Crippen molar-refractivity contribution in [1.82, 2.24) is 5.48 Å². The highest BCUT2D eigenvalue weighted by molar-refractivity contribution is 5.05. The van der Waals surface area contributed by atoms with E-state index in [0.717, 1.165) is 0 Å². The summed E-state index contributed by atoms with van der Waals surface area (Å²) in [4.78, 5) is 4.15. The van der Waals surface area contributed by atoms with Crippen molar-refractivity contribution in [3.05, 3.63) is 23.7 Å². The van der Waals surface area contributed by atoms with Crippen LogP contribution >= 0.6 is 0 Å². The summed E-state index contributed by atoms with van der Waals surface area (Å²) in [6.45, 7) is -1.60. The van der Waals surface area contributed by atoms with Crippen LogP contribution in [0.25, 0.3) is 0 Å². The van der Waals surface area contributed by atoms with Crippen molar-refractivity contribution in [2.45, 2.75) is 19.3 Å². The van der Waals surface area contributed by atoms with Crippen molar-refractivity contribution in [3.8, 4) is 0 Å². The van der Waals surface area contributed by atoms with E-state index in [2.05, 4.69) is 10.3 Å². The highest BCUT2D eigenvalue weighted by atomic mass is 19.4. The average molecular weight is 225 g/mol. The zero-order chi connectivity index (χ0) is 11.3. The first kappa shape index (κ1) is 12.0. The summed E-state index contributed by atoms with van der Waals surface area (Å²) in [6.07, 6.45) is -4.35. The second-order valence-electron chi connectivity index (χ2n) is 2.75. The molecule has 7 heteroatoms. The van der Waals surface area contributed by atoms with Crippen LogP contribution in [0.4, 0.5) is 13.2 Å². The van der Waals surface area contributed by atoms with Gasteiger partial charge < -0.3 is 9.52 Å². The van der Waals surface area contributed by atoms with E-state index in [1.54, 1.807) is 0 Å². The number of aliphatic hydroxyl groups is 1. The molecule has 4 nitrogen and oxygen atoms in total. The van der Waals surface area contributed by atoms with Crippen molar-refractivity contribution in [2.75, 3.05) is 6.61 Å². The van der Waals surface area contributed by atoms with Gasteiger partial charge in [0.25, 0.3) is 0 Å². The Morgan fingerprint density at radius 2 is 2.00 bits per heavy atom. The van der Waals surface area contributed by atoms with Crippen LogP contribution in [0.2, 0.25) is 0 Å². The lowest BCUT2D eigenvalue weighted by molar-refractivity contribution is -0.190. The number of aliphatic hydroxyl groups excluding tert-OH is 1. The third kappa shape index (κ3) is 4.82. The van der Waals surface area contributed by atoms with Gasteiger partial charge in [0.1, 0.15) is 18.1 Å². The van der Waals surface area contributed by atoms with E-state index < -0.39 is 12.8 Å². The fraction of sp³-hybridized carbons (Fsp3) is 0.500. The maximum Gasteiger partial charge on any atom is 0.413 e. The van der Waals surface area contributed by atoms with Gasteiger partial charge in [0.05, 0.1) is 6.54 Å². The van der Waals surface area contributed by atoms with Crippen molar-refractivity contribution in [1.29, 1.82) is 0 Å². The Hall–Kier alpha value is -1.05. The highest BCUT2D eigenvalue weighted by Gasteiger charge is 2.27. The summed E-state index contributed by atoms with van der Waals surface area (Å²) < 4.78 is 39.8. The first-order valence-corrected chi connectivity index (χ1v) is 4.11. The Morgan fingerprint density at radius 3 is 2.53 bits per heavy atom. The van der Waals surface area contributed by atoms with Gasteiger partial charge in [-0.2, -0.15) is 18.7 Å². The number of hydrogen-bond acceptors (Lipinski definition) is 4. The van der Waals surface area contributed by atoms with Crippen molar-refractivity contribution in [3.63, 3.8) is 0 Å². The Labute approximate surface area is 83.6 Å². The van der Waals surface area contributed by atoms with Crippen LogP contribution < -0.4 is 5.48 Å². The summed E-state index contributed by atoms with van der Waals surface area (Å²) in [7, 11) is 0. The lowest BCUT2D eigenvalue weighted by atomic mass is 10.4. The van der Waals surface area contributed by atoms with Crippen LogP contribution in [-0.2, 0) is 18.0 Å². The van der Waals surface area contributed by atoms with Gasteiger partial charge in [-0.3, -0.25) is 4.84 Å². The molecule has 1 heterocycles. The zero-order valence-corrected chi connectivity index (χ0v) is 7.67. The number of nitrogens with one attached hydrogen (secondary N) is 1. The number of alkyl halides is 3. The maximum atomic E-state index is 11.6. The van der Waals surface area contributed by atoms with Crippen LogP contribution in [0.5, 0.6) is 0 Å². The van der Waals surface area contributed by atoms with Crippen LogP contribution in [-0.4, -0.2) is 17.9 Å². The van der Waals surface area contributed by atoms with Crippen LogP contribution in [0.1, 0.15) is 11.5 Å². The van der Waals surface area contributed by atoms with Gasteiger partial charge in [-0.05, 0) is 12.1 Å². The molecule has 0 aromatic carbocycles. The van der Waals surface area contributed by atoms with Gasteiger partial charge in [-0.25, -0.2) is 0 Å². The first-order valence-electron chi connectivity index (χ1n) is 4.11. The van der Waals surface area contributed by atoms with Gasteiger partial charge in [0.2, 0.25) is 0 Å². The van der Waals surface area contributed by atoms with E-state index in [1.165, 1.54) is 12.1 Å². The monoisotopic (exact) mass is 225 g/mol. The van der Waals surface area contributed by atoms with E-state index in [4.69, 9.17) is 9.52 Å². The summed E-state index contributed by atoms with van der Waals surface area (Å²) >= 11 is 0. The van der Waals surface area contributed by atoms with Gasteiger partial charge in [0, 0.05) is 0 Å². The number of hydroxylamine groups is 1. The molecule has 15 heavy (non-hydrogen) atoms. The zero-order valence-electron chi connectivity index (χ0n) is 7.67. The molecule has 0 saturated carbocycles. The van der Waals surface area contributed by atoms with Crippen molar-refractivity contribution >= 4 is 0 Å². The molecule has 0 fully saturated rings. The number of furan rings is 1. The second kappa shape index (κ2) is 5.15. The predicted octanol–water partition coefficient (Wildman–Crippen LogP) is 1.36. The minimum atomic E-state index is -4.35. The minimum absolute atomic E-state index is 0.01000. The topological polar surface area (TPSA) is 54.6 Å². The lowest BCUT2D eigenvalue weighted by Gasteiger charge is -2.06. The third-order valence-corrected chi connectivity index (χ3v) is 1.46. The normalized spacial score (nSPS) is 12.0. The van der Waals surface area contributed by atoms with E-state index in [0.29, 0.717) is 11.5 Å². The second-order valence-corrected chi connectivity index (χ2v) is 2.75. The molecule has 0 radical (unpaired) electrons. The largest absolute Gasteiger partial charge is 0.462 e.